The summed E-state index contributed by atoms with van der Waals surface area (Å²) in [6.07, 6.45) is -4.65. The number of rotatable bonds is 21. The molecule has 12 rings (SSSR count). The molecule has 0 bridgehead atoms. The summed E-state index contributed by atoms with van der Waals surface area (Å²) in [5, 5.41) is 88.4. The average molecular weight is 1690 g/mol. The number of hydrogen-bond acceptors (Lipinski definition) is 29. The minimum atomic E-state index is -4.65. The first-order chi connectivity index (χ1) is 58.4. The highest BCUT2D eigenvalue weighted by Gasteiger charge is 2.34. The lowest BCUT2D eigenvalue weighted by Crippen LogP contribution is -2.14. The van der Waals surface area contributed by atoms with E-state index in [0.29, 0.717) is 61.2 Å². The summed E-state index contributed by atoms with van der Waals surface area (Å²) in [6.45, 7) is 4.87. The lowest BCUT2D eigenvalue weighted by Gasteiger charge is -2.09. The van der Waals surface area contributed by atoms with Crippen LogP contribution in [-0.4, -0.2) is 147 Å². The minimum absolute atomic E-state index is 0.0128. The summed E-state index contributed by atoms with van der Waals surface area (Å²) >= 11 is 0. The normalized spacial score (nSPS) is 12.2. The van der Waals surface area contributed by atoms with Gasteiger partial charge in [-0.15, -0.1) is 35.8 Å². The number of esters is 4. The fourth-order valence-corrected chi connectivity index (χ4v) is 10.6. The van der Waals surface area contributed by atoms with Crippen molar-refractivity contribution < 1.29 is 101 Å². The minimum Gasteiger partial charge on any atom is -0.510 e. The van der Waals surface area contributed by atoms with Gasteiger partial charge in [-0.25, -0.2) is 43.2 Å². The van der Waals surface area contributed by atoms with Crippen molar-refractivity contribution in [3.63, 3.8) is 0 Å². The van der Waals surface area contributed by atoms with Gasteiger partial charge in [-0.3, -0.25) is 19.2 Å². The van der Waals surface area contributed by atoms with E-state index in [-0.39, 0.29) is 62.0 Å². The number of azo groups is 4. The van der Waals surface area contributed by atoms with Gasteiger partial charge in [-0.1, -0.05) is 24.3 Å². The summed E-state index contributed by atoms with van der Waals surface area (Å²) in [5.74, 6) is -9.10. The van der Waals surface area contributed by atoms with Gasteiger partial charge in [0.15, 0.2) is 22.8 Å². The molecule has 42 nitrogen and oxygen atoms in total. The van der Waals surface area contributed by atoms with E-state index in [0.717, 1.165) is 19.1 Å². The van der Waals surface area contributed by atoms with E-state index in [1.165, 1.54) is 146 Å². The van der Waals surface area contributed by atoms with Crippen LogP contribution in [0.5, 0.6) is 0 Å². The fourth-order valence-electron chi connectivity index (χ4n) is 10.6. The second-order valence-electron chi connectivity index (χ2n) is 25.0. The number of methoxy groups -OCH3 is 4. The number of benzene rings is 8. The molecule has 0 fully saturated rings. The maximum absolute atomic E-state index is 13.0. The number of imidazole rings is 4. The van der Waals surface area contributed by atoms with Gasteiger partial charge in [0.25, 0.3) is 23.6 Å². The molecule has 0 atom stereocenters. The summed E-state index contributed by atoms with van der Waals surface area (Å²) in [4.78, 5) is 175. The van der Waals surface area contributed by atoms with Crippen LogP contribution in [0.4, 0.5) is 58.7 Å². The van der Waals surface area contributed by atoms with E-state index in [4.69, 9.17) is 9.84 Å². The number of aliphatic hydroxyl groups excluding tert-OH is 4. The molecular formula is C78H67F3N20O22. The summed E-state index contributed by atoms with van der Waals surface area (Å²) in [5.41, 5.74) is 0.375. The van der Waals surface area contributed by atoms with Gasteiger partial charge in [0.2, 0.25) is 0 Å². The Morgan fingerprint density at radius 3 is 0.976 bits per heavy atom. The first kappa shape index (κ1) is 89.4. The number of carbonyl (C=O) groups excluding carboxylic acids is 8. The lowest BCUT2D eigenvalue weighted by molar-refractivity contribution is -0.137. The van der Waals surface area contributed by atoms with Crippen LogP contribution >= 0.6 is 0 Å². The van der Waals surface area contributed by atoms with Crippen molar-refractivity contribution in [2.45, 2.75) is 33.9 Å². The Morgan fingerprint density at radius 1 is 0.325 bits per heavy atom. The molecule has 632 valence electrons. The van der Waals surface area contributed by atoms with Crippen LogP contribution in [0, 0.1) is 0 Å². The summed E-state index contributed by atoms with van der Waals surface area (Å²) in [7, 11) is 4.71. The summed E-state index contributed by atoms with van der Waals surface area (Å²) < 4.78 is 57.8. The topological polar surface area (TPSA) is 633 Å². The molecule has 4 heterocycles. The third-order valence-corrected chi connectivity index (χ3v) is 16.3. The quantitative estimate of drug-likeness (QED) is 0.0104. The molecule has 4 amide bonds. The largest absolute Gasteiger partial charge is 0.510 e. The number of fused-ring (bicyclic) bond motifs is 4. The molecule has 8 aromatic carbocycles. The number of alkyl halides is 3. The molecule has 12 aromatic rings. The number of nitrogens with zero attached hydrogens (tertiary/aromatic N) is 8. The van der Waals surface area contributed by atoms with Crippen molar-refractivity contribution in [1.82, 2.24) is 39.9 Å². The Hall–Kier alpha value is -17.6. The first-order valence-electron chi connectivity index (χ1n) is 35.0. The number of anilines is 4. The van der Waals surface area contributed by atoms with Crippen molar-refractivity contribution in [2.75, 3.05) is 49.7 Å². The first-order valence-corrected chi connectivity index (χ1v) is 35.0. The van der Waals surface area contributed by atoms with E-state index in [1.807, 2.05) is 0 Å². The van der Waals surface area contributed by atoms with Crippen LogP contribution < -0.4 is 44.0 Å². The number of amides is 4. The average Bonchev–Trinajstić information content (AvgIpc) is 1.79. The van der Waals surface area contributed by atoms with Gasteiger partial charge in [0, 0.05) is 22.7 Å². The Kier molecular flexibility index (Phi) is 28.9. The molecule has 0 aliphatic rings. The van der Waals surface area contributed by atoms with Gasteiger partial charge in [-0.05, 0) is 161 Å². The van der Waals surface area contributed by atoms with Gasteiger partial charge in [0.05, 0.1) is 117 Å². The number of aromatic carboxylic acids is 1. The zero-order valence-electron chi connectivity index (χ0n) is 64.9. The number of allylic oxidation sites excluding steroid dienone is 4. The van der Waals surface area contributed by atoms with E-state index >= 15 is 0 Å². The standard InChI is InChI=1S/2C21H19N5O7.C18H14F3N5O3.C18H15N5O5/c1-10(27)17(18(28)22-12-5-7-14-16(9-12)24-21(31)23-14)26-25-15-8-11(19(29)32-2)4-6-13(15)20(30)33-3;1-10(27)17(18(28)22-13-4-5-15-16(9-13)24-21(31)23-15)26-25-14-7-11(19(29)32-2)6-12(8-14)20(30)33-3;1-9(27)15(26-25-12-5-3-2-4-11(12)18(19,20)21)16(28)22-10-6-7-13-14(8-10)24-17(29)23-13;1-9(24)15(23-22-12-5-3-2-4-11(12)17(26)27)16(25)19-10-6-7-13-14(8-10)21-18(28)20-13/h2*4-9,27H,1-3H3,(H,22,28)(H2,23,24,31);2-8,27H,1H3,(H,22,28)(H2,23,24,29);2-8,24H,1H3,(H,19,25)(H,26,27)(H2,20,21,28)/b2*17-10-,26-25?;15-9-,26-25?;15-9-,23-22?. The molecule has 0 unspecified atom stereocenters. The SMILES string of the molecule is C/C(O)=C(/N=Nc1ccccc1C(=O)O)C(=O)Nc1ccc2[nH]c(=O)[nH]c2c1.C/C(O)=C(/N=Nc1ccccc1C(F)(F)F)C(=O)Nc1ccc2[nH]c(=O)[nH]c2c1.COC(=O)c1cc(N=N/C(C(=O)Nc2ccc3[nH]c(=O)[nH]c3c2)=C(/C)O)cc(C(=O)OC)c1.COC(=O)c1ccc(C(=O)OC)c(N=N/C(C(=O)Nc2ccc3[nH]c(=O)[nH]c3c2)=C(/C)O)c1. The number of carboxylic acids is 1. The van der Waals surface area contributed by atoms with Crippen molar-refractivity contribution in [3.05, 3.63) is 279 Å². The second-order valence-corrected chi connectivity index (χ2v) is 25.0. The van der Waals surface area contributed by atoms with Gasteiger partial charge in [0.1, 0.15) is 34.4 Å². The molecule has 0 aliphatic carbocycles. The van der Waals surface area contributed by atoms with Crippen LogP contribution in [0.15, 0.2) is 264 Å². The van der Waals surface area contributed by atoms with Gasteiger partial charge >= 0.3 is 58.8 Å². The second kappa shape index (κ2) is 39.8. The lowest BCUT2D eigenvalue weighted by atomic mass is 10.1. The number of aliphatic hydroxyl groups is 4. The predicted octanol–water partition coefficient (Wildman–Crippen LogP) is 13.3. The van der Waals surface area contributed by atoms with E-state index in [2.05, 4.69) is 116 Å². The Bertz CT molecular complexity index is 6660. The third-order valence-electron chi connectivity index (χ3n) is 16.3. The van der Waals surface area contributed by atoms with Crippen molar-refractivity contribution >= 4 is 143 Å². The number of nitrogens with one attached hydrogen (secondary N) is 12. The Labute approximate surface area is 684 Å². The molecule has 17 N–H and O–H groups in total. The predicted molar refractivity (Wildman–Crippen MR) is 433 cm³/mol. The molecular weight excluding hydrogens is 1630 g/mol. The van der Waals surface area contributed by atoms with Crippen LogP contribution in [0.3, 0.4) is 0 Å². The molecule has 123 heavy (non-hydrogen) atoms. The molecule has 0 saturated heterocycles. The number of ether oxygens (including phenoxy) is 4. The molecule has 0 saturated carbocycles. The van der Waals surface area contributed by atoms with Crippen molar-refractivity contribution in [2.24, 2.45) is 40.9 Å². The smallest absolute Gasteiger partial charge is 0.418 e. The number of aromatic nitrogens is 8. The van der Waals surface area contributed by atoms with Crippen molar-refractivity contribution in [1.29, 1.82) is 0 Å². The number of H-pyrrole nitrogens is 8. The zero-order valence-corrected chi connectivity index (χ0v) is 64.9. The maximum Gasteiger partial charge on any atom is 0.418 e. The van der Waals surface area contributed by atoms with E-state index in [1.54, 1.807) is 48.5 Å². The summed E-state index contributed by atoms with van der Waals surface area (Å²) in [6, 6.07) is 36.6. The number of carboxylic acid groups (broad SMARTS) is 1. The highest BCUT2D eigenvalue weighted by Crippen LogP contribution is 2.37. The highest BCUT2D eigenvalue weighted by atomic mass is 19.4. The van der Waals surface area contributed by atoms with Crippen molar-refractivity contribution in [3.8, 4) is 0 Å². The zero-order chi connectivity index (χ0) is 89.7. The maximum atomic E-state index is 13.0. The van der Waals surface area contributed by atoms with Gasteiger partial charge in [-0.2, -0.15) is 18.3 Å². The number of halogens is 3. The Morgan fingerprint density at radius 2 is 0.634 bits per heavy atom. The number of carbonyl (C=O) groups is 9. The fraction of sp³-hybridized carbons (Fsp3) is 0.115. The molecule has 4 aromatic heterocycles. The molecule has 0 radical (unpaired) electrons. The Balaban J connectivity index is 0.000000186. The highest BCUT2D eigenvalue weighted by molar-refractivity contribution is 6.08. The van der Waals surface area contributed by atoms with Crippen LogP contribution in [-0.2, 0) is 44.3 Å². The van der Waals surface area contributed by atoms with Crippen LogP contribution in [0.1, 0.15) is 85.0 Å². The monoisotopic (exact) mass is 1690 g/mol. The number of aromatic amines is 8. The number of hydrogen-bond donors (Lipinski definition) is 17. The molecule has 45 heteroatoms. The molecule has 0 spiro atoms. The van der Waals surface area contributed by atoms with E-state index in [9.17, 15) is 95.9 Å². The van der Waals surface area contributed by atoms with Crippen LogP contribution in [0.25, 0.3) is 44.1 Å². The molecule has 0 aliphatic heterocycles. The van der Waals surface area contributed by atoms with Crippen LogP contribution in [0.2, 0.25) is 0 Å². The van der Waals surface area contributed by atoms with E-state index < -0.39 is 128 Å². The third kappa shape index (κ3) is 23.6. The van der Waals surface area contributed by atoms with Gasteiger partial charge < -0.3 is 106 Å².